The number of carbonyl (C=O) groups is 1. The van der Waals surface area contributed by atoms with Gasteiger partial charge in [-0.3, -0.25) is 4.79 Å². The van der Waals surface area contributed by atoms with Gasteiger partial charge in [0.1, 0.15) is 13.2 Å². The van der Waals surface area contributed by atoms with Crippen LogP contribution in [0.2, 0.25) is 0 Å². The maximum absolute atomic E-state index is 13.2. The van der Waals surface area contributed by atoms with E-state index in [2.05, 4.69) is 0 Å². The molecule has 27 heavy (non-hydrogen) atoms. The summed E-state index contributed by atoms with van der Waals surface area (Å²) in [5.41, 5.74) is 1.29. The molecule has 1 atom stereocenters. The number of ketones is 1. The van der Waals surface area contributed by atoms with Crippen LogP contribution >= 0.6 is 0 Å². The molecule has 1 fully saturated rings. The monoisotopic (exact) mass is 387 g/mol. The number of carbonyl (C=O) groups excluding carboxylic acids is 1. The molecule has 2 aliphatic heterocycles. The van der Waals surface area contributed by atoms with Crippen LogP contribution < -0.4 is 9.47 Å². The molecule has 0 saturated carbocycles. The lowest BCUT2D eigenvalue weighted by Gasteiger charge is -2.26. The molecule has 2 aromatic carbocycles. The van der Waals surface area contributed by atoms with E-state index >= 15 is 0 Å². The number of ether oxygens (including phenoxy) is 2. The van der Waals surface area contributed by atoms with Gasteiger partial charge in [-0.2, -0.15) is 4.31 Å². The van der Waals surface area contributed by atoms with Gasteiger partial charge in [0.25, 0.3) is 0 Å². The highest BCUT2D eigenvalue weighted by atomic mass is 32.2. The van der Waals surface area contributed by atoms with Crippen LogP contribution in [-0.4, -0.2) is 38.3 Å². The van der Waals surface area contributed by atoms with Crippen LogP contribution in [0, 0.1) is 0 Å². The second-order valence-electron chi connectivity index (χ2n) is 6.76. The van der Waals surface area contributed by atoms with Gasteiger partial charge < -0.3 is 9.47 Å². The molecule has 0 radical (unpaired) electrons. The Morgan fingerprint density at radius 1 is 1.07 bits per heavy atom. The van der Waals surface area contributed by atoms with E-state index in [4.69, 9.17) is 9.47 Å². The quantitative estimate of drug-likeness (QED) is 0.754. The van der Waals surface area contributed by atoms with Gasteiger partial charge >= 0.3 is 0 Å². The Kier molecular flexibility index (Phi) is 4.65. The Balaban J connectivity index is 1.68. The number of nitrogens with zero attached hydrogens (tertiary/aromatic N) is 1. The van der Waals surface area contributed by atoms with E-state index in [1.54, 1.807) is 18.2 Å². The van der Waals surface area contributed by atoms with Crippen molar-refractivity contribution >= 4 is 15.8 Å². The van der Waals surface area contributed by atoms with Crippen molar-refractivity contribution in [3.63, 3.8) is 0 Å². The third kappa shape index (κ3) is 3.33. The van der Waals surface area contributed by atoms with Crippen LogP contribution in [0.5, 0.6) is 11.5 Å². The largest absolute Gasteiger partial charge is 0.486 e. The summed E-state index contributed by atoms with van der Waals surface area (Å²) in [6, 6.07) is 11.6. The van der Waals surface area contributed by atoms with Gasteiger partial charge in [0.2, 0.25) is 10.0 Å². The molecule has 2 aromatic rings. The Hall–Kier alpha value is -2.38. The highest BCUT2D eigenvalue weighted by molar-refractivity contribution is 7.89. The summed E-state index contributed by atoms with van der Waals surface area (Å²) in [4.78, 5) is 11.8. The fourth-order valence-electron chi connectivity index (χ4n) is 3.64. The van der Waals surface area contributed by atoms with Crippen molar-refractivity contribution < 1.29 is 22.7 Å². The van der Waals surface area contributed by atoms with Crippen molar-refractivity contribution in [1.29, 1.82) is 0 Å². The standard InChI is InChI=1S/C20H21NO5S/c1-14(22)15-4-2-5-17(12-15)27(23,24)21-9-3-6-18(21)16-7-8-19-20(13-16)26-11-10-25-19/h2,4-5,7-8,12-13,18H,3,6,9-11H2,1H3/t18-/m0/s1. The Morgan fingerprint density at radius 2 is 1.85 bits per heavy atom. The lowest BCUT2D eigenvalue weighted by Crippen LogP contribution is -2.31. The van der Waals surface area contributed by atoms with E-state index in [0.717, 1.165) is 18.4 Å². The summed E-state index contributed by atoms with van der Waals surface area (Å²) in [5.74, 6) is 1.19. The van der Waals surface area contributed by atoms with Gasteiger partial charge in [-0.1, -0.05) is 18.2 Å². The van der Waals surface area contributed by atoms with Crippen LogP contribution in [0.25, 0.3) is 0 Å². The number of rotatable bonds is 4. The predicted molar refractivity (Wildman–Crippen MR) is 99.7 cm³/mol. The molecule has 2 heterocycles. The molecule has 0 aromatic heterocycles. The molecule has 0 bridgehead atoms. The summed E-state index contributed by atoms with van der Waals surface area (Å²) < 4.78 is 39.2. The molecule has 0 spiro atoms. The minimum Gasteiger partial charge on any atom is -0.486 e. The first-order valence-corrected chi connectivity index (χ1v) is 10.4. The van der Waals surface area contributed by atoms with E-state index in [0.29, 0.717) is 36.8 Å². The van der Waals surface area contributed by atoms with E-state index in [9.17, 15) is 13.2 Å². The van der Waals surface area contributed by atoms with Crippen LogP contribution in [0.15, 0.2) is 47.4 Å². The van der Waals surface area contributed by atoms with Crippen molar-refractivity contribution in [1.82, 2.24) is 4.31 Å². The molecule has 0 amide bonds. The maximum Gasteiger partial charge on any atom is 0.243 e. The number of hydrogen-bond acceptors (Lipinski definition) is 5. The summed E-state index contributed by atoms with van der Waals surface area (Å²) in [5, 5.41) is 0. The lowest BCUT2D eigenvalue weighted by atomic mass is 10.0. The van der Waals surface area contributed by atoms with Crippen LogP contribution in [-0.2, 0) is 10.0 Å². The third-order valence-corrected chi connectivity index (χ3v) is 6.91. The molecular weight excluding hydrogens is 366 g/mol. The Bertz CT molecular complexity index is 986. The number of fused-ring (bicyclic) bond motifs is 1. The number of sulfonamides is 1. The van der Waals surface area contributed by atoms with E-state index in [-0.39, 0.29) is 16.7 Å². The van der Waals surface area contributed by atoms with Crippen molar-refractivity contribution in [3.8, 4) is 11.5 Å². The smallest absolute Gasteiger partial charge is 0.243 e. The highest BCUT2D eigenvalue weighted by Crippen LogP contribution is 2.40. The number of Topliss-reactive ketones (excluding diaryl/α,β-unsaturated/α-hetero) is 1. The lowest BCUT2D eigenvalue weighted by molar-refractivity contribution is 0.101. The van der Waals surface area contributed by atoms with Crippen molar-refractivity contribution in [2.24, 2.45) is 0 Å². The molecule has 0 unspecified atom stereocenters. The van der Waals surface area contributed by atoms with Crippen molar-refractivity contribution in [3.05, 3.63) is 53.6 Å². The van der Waals surface area contributed by atoms with E-state index in [1.807, 2.05) is 18.2 Å². The summed E-state index contributed by atoms with van der Waals surface area (Å²) in [6.07, 6.45) is 1.52. The number of hydrogen-bond donors (Lipinski definition) is 0. The van der Waals surface area contributed by atoms with Gasteiger partial charge in [0, 0.05) is 12.1 Å². The second-order valence-corrected chi connectivity index (χ2v) is 8.65. The van der Waals surface area contributed by atoms with Gasteiger partial charge in [0.15, 0.2) is 17.3 Å². The van der Waals surface area contributed by atoms with Gasteiger partial charge in [0.05, 0.1) is 10.9 Å². The third-order valence-electron chi connectivity index (χ3n) is 5.00. The summed E-state index contributed by atoms with van der Waals surface area (Å²) in [7, 11) is -3.70. The van der Waals surface area contributed by atoms with Crippen molar-refractivity contribution in [2.45, 2.75) is 30.7 Å². The predicted octanol–water partition coefficient (Wildman–Crippen LogP) is 3.19. The molecule has 1 saturated heterocycles. The molecule has 7 heteroatoms. The summed E-state index contributed by atoms with van der Waals surface area (Å²) >= 11 is 0. The normalized spacial score (nSPS) is 19.8. The van der Waals surface area contributed by atoms with Crippen LogP contribution in [0.1, 0.15) is 41.7 Å². The molecule has 6 nitrogen and oxygen atoms in total. The maximum atomic E-state index is 13.2. The SMILES string of the molecule is CC(=O)c1cccc(S(=O)(=O)N2CCC[C@H]2c2ccc3c(c2)OCCO3)c1. The van der Waals surface area contributed by atoms with E-state index in [1.165, 1.54) is 17.3 Å². The average molecular weight is 387 g/mol. The molecular formula is C20H21NO5S. The minimum atomic E-state index is -3.70. The van der Waals surface area contributed by atoms with Crippen LogP contribution in [0.3, 0.4) is 0 Å². The van der Waals surface area contributed by atoms with Crippen molar-refractivity contribution in [2.75, 3.05) is 19.8 Å². The minimum absolute atomic E-state index is 0.152. The first kappa shape index (κ1) is 18.0. The van der Waals surface area contributed by atoms with Gasteiger partial charge in [-0.15, -0.1) is 0 Å². The second kappa shape index (κ2) is 6.98. The molecule has 142 valence electrons. The number of benzene rings is 2. The fraction of sp³-hybridized carbons (Fsp3) is 0.350. The van der Waals surface area contributed by atoms with Crippen LogP contribution in [0.4, 0.5) is 0 Å². The summed E-state index contributed by atoms with van der Waals surface area (Å²) in [6.45, 7) is 2.88. The first-order valence-electron chi connectivity index (χ1n) is 8.99. The van der Waals surface area contributed by atoms with E-state index < -0.39 is 10.0 Å². The average Bonchev–Trinajstić information content (AvgIpc) is 3.18. The Labute approximate surface area is 158 Å². The zero-order chi connectivity index (χ0) is 19.0. The molecule has 0 aliphatic carbocycles. The highest BCUT2D eigenvalue weighted by Gasteiger charge is 2.36. The first-order chi connectivity index (χ1) is 13.0. The fourth-order valence-corrected chi connectivity index (χ4v) is 5.37. The topological polar surface area (TPSA) is 72.9 Å². The zero-order valence-corrected chi connectivity index (χ0v) is 15.9. The van der Waals surface area contributed by atoms with Gasteiger partial charge in [-0.25, -0.2) is 8.42 Å². The Morgan fingerprint density at radius 3 is 2.63 bits per heavy atom. The van der Waals surface area contributed by atoms with Gasteiger partial charge in [-0.05, 0) is 49.6 Å². The molecule has 0 N–H and O–H groups in total. The molecule has 4 rings (SSSR count). The zero-order valence-electron chi connectivity index (χ0n) is 15.1. The molecule has 2 aliphatic rings.